The summed E-state index contributed by atoms with van der Waals surface area (Å²) in [5, 5.41) is 0. The molecular weight excluding hydrogens is 212 g/mol. The molecule has 1 aliphatic rings. The molecule has 4 heteroatoms. The molecule has 0 amide bonds. The van der Waals surface area contributed by atoms with Crippen LogP contribution in [0.4, 0.5) is 8.78 Å². The average molecular weight is 234 g/mol. The molecule has 1 aliphatic heterocycles. The molecule has 0 saturated carbocycles. The zero-order valence-electron chi connectivity index (χ0n) is 10.4. The zero-order chi connectivity index (χ0) is 12.3. The molecule has 2 nitrogen and oxygen atoms in total. The number of Topliss-reactive ketones (excluding diaryl/α,β-unsaturated/α-hetero) is 1. The predicted octanol–water partition coefficient (Wildman–Crippen LogP) is 2.33. The van der Waals surface area contributed by atoms with Crippen LogP contribution in [-0.4, -0.2) is 43.4 Å². The maximum absolute atomic E-state index is 12.4. The molecular formula is C12H22F2NO+. The van der Waals surface area contributed by atoms with Crippen LogP contribution in [0.25, 0.3) is 0 Å². The van der Waals surface area contributed by atoms with E-state index in [-0.39, 0.29) is 18.4 Å². The Morgan fingerprint density at radius 1 is 1.31 bits per heavy atom. The van der Waals surface area contributed by atoms with Crippen LogP contribution >= 0.6 is 0 Å². The lowest BCUT2D eigenvalue weighted by molar-refractivity contribution is -0.918. The second kappa shape index (κ2) is 5.21. The van der Waals surface area contributed by atoms with Crippen LogP contribution in [0.2, 0.25) is 0 Å². The van der Waals surface area contributed by atoms with E-state index in [1.165, 1.54) is 0 Å². The highest BCUT2D eigenvalue weighted by atomic mass is 19.3. The SMILES string of the molecule is CC(C)C(=O)C1CC[N+](C)(CC(F)F)CC1. The van der Waals surface area contributed by atoms with E-state index in [1.807, 2.05) is 20.9 Å². The summed E-state index contributed by atoms with van der Waals surface area (Å²) in [5.74, 6) is 0.462. The van der Waals surface area contributed by atoms with Gasteiger partial charge in [0.15, 0.2) is 0 Å². The molecule has 1 fully saturated rings. The first kappa shape index (κ1) is 13.6. The molecule has 1 heterocycles. The second-order valence-corrected chi connectivity index (χ2v) is 5.47. The Bertz CT molecular complexity index is 245. The van der Waals surface area contributed by atoms with Crippen molar-refractivity contribution in [3.05, 3.63) is 0 Å². The quantitative estimate of drug-likeness (QED) is 0.682. The number of hydrogen-bond donors (Lipinski definition) is 0. The number of halogens is 2. The largest absolute Gasteiger partial charge is 0.321 e. The fourth-order valence-corrected chi connectivity index (χ4v) is 2.46. The number of likely N-dealkylation sites (tertiary alicyclic amines) is 1. The Labute approximate surface area is 96.2 Å². The lowest BCUT2D eigenvalue weighted by Gasteiger charge is -2.40. The van der Waals surface area contributed by atoms with E-state index in [0.717, 1.165) is 12.8 Å². The number of quaternary nitrogens is 1. The molecule has 0 spiro atoms. The van der Waals surface area contributed by atoms with Crippen LogP contribution in [0.5, 0.6) is 0 Å². The van der Waals surface area contributed by atoms with Crippen molar-refractivity contribution in [3.63, 3.8) is 0 Å². The van der Waals surface area contributed by atoms with Gasteiger partial charge in [-0.2, -0.15) is 0 Å². The van der Waals surface area contributed by atoms with E-state index >= 15 is 0 Å². The van der Waals surface area contributed by atoms with E-state index in [2.05, 4.69) is 0 Å². The van der Waals surface area contributed by atoms with Crippen molar-refractivity contribution in [2.45, 2.75) is 33.1 Å². The molecule has 1 saturated heterocycles. The minimum absolute atomic E-state index is 0.0666. The molecule has 16 heavy (non-hydrogen) atoms. The van der Waals surface area contributed by atoms with Crippen molar-refractivity contribution in [1.29, 1.82) is 0 Å². The monoisotopic (exact) mass is 234 g/mol. The summed E-state index contributed by atoms with van der Waals surface area (Å²) >= 11 is 0. The van der Waals surface area contributed by atoms with Gasteiger partial charge in [-0.3, -0.25) is 4.79 Å². The first-order valence-corrected chi connectivity index (χ1v) is 5.99. The topological polar surface area (TPSA) is 17.1 Å². The molecule has 0 unspecified atom stereocenters. The molecule has 0 aromatic carbocycles. The molecule has 94 valence electrons. The molecule has 0 radical (unpaired) electrons. The number of hydrogen-bond acceptors (Lipinski definition) is 1. The minimum atomic E-state index is -2.25. The summed E-state index contributed by atoms with van der Waals surface area (Å²) in [6, 6.07) is 0. The number of rotatable bonds is 4. The lowest BCUT2D eigenvalue weighted by Crippen LogP contribution is -2.53. The first-order valence-electron chi connectivity index (χ1n) is 5.99. The van der Waals surface area contributed by atoms with Gasteiger partial charge in [-0.15, -0.1) is 0 Å². The molecule has 0 atom stereocenters. The highest BCUT2D eigenvalue weighted by Gasteiger charge is 2.35. The number of piperidine rings is 1. The third kappa shape index (κ3) is 3.51. The van der Waals surface area contributed by atoms with E-state index < -0.39 is 6.43 Å². The van der Waals surface area contributed by atoms with Crippen LogP contribution < -0.4 is 0 Å². The average Bonchev–Trinajstić information content (AvgIpc) is 2.16. The molecule has 0 aliphatic carbocycles. The van der Waals surface area contributed by atoms with Crippen LogP contribution in [0.15, 0.2) is 0 Å². The van der Waals surface area contributed by atoms with Crippen LogP contribution in [-0.2, 0) is 4.79 Å². The summed E-state index contributed by atoms with van der Waals surface area (Å²) in [7, 11) is 1.86. The van der Waals surface area contributed by atoms with Crippen LogP contribution in [0, 0.1) is 11.8 Å². The number of alkyl halides is 2. The molecule has 1 rings (SSSR count). The minimum Gasteiger partial charge on any atom is -0.321 e. The van der Waals surface area contributed by atoms with Crippen LogP contribution in [0.1, 0.15) is 26.7 Å². The summed E-state index contributed by atoms with van der Waals surface area (Å²) in [4.78, 5) is 11.8. The Balaban J connectivity index is 2.47. The van der Waals surface area contributed by atoms with Crippen LogP contribution in [0.3, 0.4) is 0 Å². The second-order valence-electron chi connectivity index (χ2n) is 5.47. The Morgan fingerprint density at radius 3 is 2.19 bits per heavy atom. The van der Waals surface area contributed by atoms with Crippen molar-refractivity contribution in [2.75, 3.05) is 26.7 Å². The molecule has 0 aromatic heterocycles. The Kier molecular flexibility index (Phi) is 4.42. The van der Waals surface area contributed by atoms with Gasteiger partial charge in [0.1, 0.15) is 12.3 Å². The van der Waals surface area contributed by atoms with Gasteiger partial charge in [0.25, 0.3) is 6.43 Å². The van der Waals surface area contributed by atoms with E-state index in [0.29, 0.717) is 23.4 Å². The number of nitrogens with zero attached hydrogens (tertiary/aromatic N) is 1. The van der Waals surface area contributed by atoms with Gasteiger partial charge >= 0.3 is 0 Å². The van der Waals surface area contributed by atoms with Gasteiger partial charge in [-0.25, -0.2) is 8.78 Å². The van der Waals surface area contributed by atoms with Crippen molar-refractivity contribution in [3.8, 4) is 0 Å². The van der Waals surface area contributed by atoms with E-state index in [4.69, 9.17) is 0 Å². The molecule has 0 aromatic rings. The number of carbonyl (C=O) groups excluding carboxylic acids is 1. The summed E-state index contributed by atoms with van der Waals surface area (Å²) in [5.41, 5.74) is 0. The molecule has 0 N–H and O–H groups in total. The fraction of sp³-hybridized carbons (Fsp3) is 0.917. The number of carbonyl (C=O) groups is 1. The summed E-state index contributed by atoms with van der Waals surface area (Å²) in [6.45, 7) is 5.14. The summed E-state index contributed by atoms with van der Waals surface area (Å²) < 4.78 is 25.1. The van der Waals surface area contributed by atoms with Crippen molar-refractivity contribution < 1.29 is 18.1 Å². The van der Waals surface area contributed by atoms with E-state index in [1.54, 1.807) is 0 Å². The Morgan fingerprint density at radius 2 is 1.81 bits per heavy atom. The lowest BCUT2D eigenvalue weighted by atomic mass is 9.86. The summed E-state index contributed by atoms with van der Waals surface area (Å²) in [6.07, 6.45) is -0.720. The zero-order valence-corrected chi connectivity index (χ0v) is 10.4. The van der Waals surface area contributed by atoms with Gasteiger partial charge in [0.05, 0.1) is 20.1 Å². The van der Waals surface area contributed by atoms with Gasteiger partial charge in [-0.1, -0.05) is 13.8 Å². The normalized spacial score (nSPS) is 31.1. The maximum Gasteiger partial charge on any atom is 0.286 e. The van der Waals surface area contributed by atoms with Gasteiger partial charge < -0.3 is 4.48 Å². The standard InChI is InChI=1S/C12H22F2NO/c1-9(2)12(16)10-4-6-15(3,7-5-10)8-11(13)14/h9-11H,4-8H2,1-3H3/q+1. The smallest absolute Gasteiger partial charge is 0.286 e. The van der Waals surface area contributed by atoms with Crippen molar-refractivity contribution in [1.82, 2.24) is 0 Å². The molecule has 0 bridgehead atoms. The van der Waals surface area contributed by atoms with Gasteiger partial charge in [-0.05, 0) is 0 Å². The first-order chi connectivity index (χ1) is 7.34. The Hall–Kier alpha value is -0.510. The fourth-order valence-electron chi connectivity index (χ4n) is 2.46. The van der Waals surface area contributed by atoms with Gasteiger partial charge in [0.2, 0.25) is 0 Å². The maximum atomic E-state index is 12.4. The third-order valence-electron chi connectivity index (χ3n) is 3.58. The third-order valence-corrected chi connectivity index (χ3v) is 3.58. The van der Waals surface area contributed by atoms with E-state index in [9.17, 15) is 13.6 Å². The predicted molar refractivity (Wildman–Crippen MR) is 59.4 cm³/mol. The van der Waals surface area contributed by atoms with Gasteiger partial charge in [0, 0.05) is 24.7 Å². The van der Waals surface area contributed by atoms with Crippen molar-refractivity contribution >= 4 is 5.78 Å². The van der Waals surface area contributed by atoms with Crippen molar-refractivity contribution in [2.24, 2.45) is 11.8 Å². The number of ketones is 1. The highest BCUT2D eigenvalue weighted by molar-refractivity contribution is 5.82. The highest BCUT2D eigenvalue weighted by Crippen LogP contribution is 2.25.